The first-order chi connectivity index (χ1) is 9.26. The van der Waals surface area contributed by atoms with Gasteiger partial charge >= 0.3 is 0 Å². The van der Waals surface area contributed by atoms with E-state index in [9.17, 15) is 0 Å². The van der Waals surface area contributed by atoms with Gasteiger partial charge in [-0.3, -0.25) is 0 Å². The third-order valence-electron chi connectivity index (χ3n) is 2.41. The number of pyridine rings is 1. The highest BCUT2D eigenvalue weighted by molar-refractivity contribution is 5.97. The minimum atomic E-state index is -0.120. The topological polar surface area (TPSA) is 90.0 Å². The molecule has 0 aliphatic rings. The van der Waals surface area contributed by atoms with E-state index in [1.54, 1.807) is 31.4 Å². The predicted octanol–water partition coefficient (Wildman–Crippen LogP) is 1.98. The minimum Gasteiger partial charge on any atom is -0.493 e. The lowest BCUT2D eigenvalue weighted by molar-refractivity contribution is 0.318. The summed E-state index contributed by atoms with van der Waals surface area (Å²) in [6.07, 6.45) is 1.53. The number of oxime groups is 1. The Morgan fingerprint density at radius 3 is 2.53 bits per heavy atom. The van der Waals surface area contributed by atoms with Gasteiger partial charge in [0.1, 0.15) is 0 Å². The maximum absolute atomic E-state index is 8.72. The summed E-state index contributed by atoms with van der Waals surface area (Å²) in [7, 11) is 1.55. The molecule has 98 valence electrons. The van der Waals surface area contributed by atoms with E-state index in [2.05, 4.69) is 10.1 Å². The van der Waals surface area contributed by atoms with Crippen molar-refractivity contribution in [1.82, 2.24) is 4.98 Å². The Balaban J connectivity index is 2.39. The summed E-state index contributed by atoms with van der Waals surface area (Å²) in [4.78, 5) is 4.02. The normalized spacial score (nSPS) is 11.1. The predicted molar refractivity (Wildman–Crippen MR) is 69.8 cm³/mol. The zero-order chi connectivity index (χ0) is 13.7. The molecule has 0 radical (unpaired) electrons. The van der Waals surface area contributed by atoms with Crippen LogP contribution in [0.2, 0.25) is 0 Å². The summed E-state index contributed by atoms with van der Waals surface area (Å²) in [6, 6.07) is 10.5. The fourth-order valence-corrected chi connectivity index (χ4v) is 1.53. The van der Waals surface area contributed by atoms with E-state index in [0.717, 1.165) is 0 Å². The van der Waals surface area contributed by atoms with Crippen LogP contribution in [0.5, 0.6) is 17.2 Å². The average molecular weight is 259 g/mol. The molecule has 1 heterocycles. The number of amidine groups is 1. The van der Waals surface area contributed by atoms with Gasteiger partial charge in [0, 0.05) is 6.20 Å². The van der Waals surface area contributed by atoms with Crippen molar-refractivity contribution in [1.29, 1.82) is 0 Å². The van der Waals surface area contributed by atoms with Gasteiger partial charge in [0.05, 0.1) is 7.11 Å². The minimum absolute atomic E-state index is 0.120. The Hall–Kier alpha value is -2.76. The molecule has 0 aliphatic carbocycles. The van der Waals surface area contributed by atoms with E-state index < -0.39 is 0 Å². The van der Waals surface area contributed by atoms with Gasteiger partial charge in [0.2, 0.25) is 0 Å². The fraction of sp³-hybridized carbons (Fsp3) is 0.0769. The van der Waals surface area contributed by atoms with Crippen molar-refractivity contribution in [3.8, 4) is 17.2 Å². The molecule has 0 spiro atoms. The first kappa shape index (κ1) is 12.7. The van der Waals surface area contributed by atoms with Crippen LogP contribution in [-0.4, -0.2) is 23.1 Å². The molecule has 0 aliphatic heterocycles. The summed E-state index contributed by atoms with van der Waals surface area (Å²) in [5.41, 5.74) is 5.81. The maximum atomic E-state index is 8.72. The molecule has 0 saturated heterocycles. The molecule has 0 amide bonds. The molecular formula is C13H13N3O3. The second-order valence-electron chi connectivity index (χ2n) is 3.59. The largest absolute Gasteiger partial charge is 0.493 e. The lowest BCUT2D eigenvalue weighted by Gasteiger charge is -2.11. The van der Waals surface area contributed by atoms with Gasteiger partial charge in [0.25, 0.3) is 0 Å². The molecule has 2 aromatic rings. The zero-order valence-electron chi connectivity index (χ0n) is 10.3. The van der Waals surface area contributed by atoms with E-state index >= 15 is 0 Å². The van der Waals surface area contributed by atoms with Crippen LogP contribution < -0.4 is 15.2 Å². The highest BCUT2D eigenvalue weighted by atomic mass is 16.5. The number of aromatic nitrogens is 1. The SMILES string of the molecule is COc1ccccc1Oc1cccnc1/C(N)=N/O. The number of nitrogens with two attached hydrogens (primary N) is 1. The molecule has 3 N–H and O–H groups in total. The second-order valence-corrected chi connectivity index (χ2v) is 3.59. The molecule has 19 heavy (non-hydrogen) atoms. The van der Waals surface area contributed by atoms with Crippen LogP contribution in [0.15, 0.2) is 47.8 Å². The van der Waals surface area contributed by atoms with Gasteiger partial charge in [-0.05, 0) is 24.3 Å². The van der Waals surface area contributed by atoms with E-state index in [-0.39, 0.29) is 11.5 Å². The second kappa shape index (κ2) is 5.72. The molecule has 1 aromatic carbocycles. The Morgan fingerprint density at radius 1 is 1.16 bits per heavy atom. The van der Waals surface area contributed by atoms with Gasteiger partial charge in [0.15, 0.2) is 28.8 Å². The van der Waals surface area contributed by atoms with Crippen molar-refractivity contribution in [3.63, 3.8) is 0 Å². The van der Waals surface area contributed by atoms with Crippen molar-refractivity contribution >= 4 is 5.84 Å². The van der Waals surface area contributed by atoms with Crippen molar-refractivity contribution in [2.24, 2.45) is 10.9 Å². The molecule has 6 heteroatoms. The number of ether oxygens (including phenoxy) is 2. The molecule has 0 bridgehead atoms. The smallest absolute Gasteiger partial charge is 0.192 e. The Kier molecular flexibility index (Phi) is 3.82. The number of hydrogen-bond acceptors (Lipinski definition) is 5. The van der Waals surface area contributed by atoms with E-state index in [4.69, 9.17) is 20.4 Å². The van der Waals surface area contributed by atoms with Crippen LogP contribution in [-0.2, 0) is 0 Å². The van der Waals surface area contributed by atoms with Crippen LogP contribution in [0.25, 0.3) is 0 Å². The quantitative estimate of drug-likeness (QED) is 0.379. The summed E-state index contributed by atoms with van der Waals surface area (Å²) < 4.78 is 10.9. The highest BCUT2D eigenvalue weighted by Crippen LogP contribution is 2.31. The third-order valence-corrected chi connectivity index (χ3v) is 2.41. The van der Waals surface area contributed by atoms with Crippen molar-refractivity contribution in [3.05, 3.63) is 48.3 Å². The average Bonchev–Trinajstić information content (AvgIpc) is 2.47. The summed E-state index contributed by atoms with van der Waals surface area (Å²) in [5.74, 6) is 1.36. The number of methoxy groups -OCH3 is 1. The molecule has 2 rings (SSSR count). The van der Waals surface area contributed by atoms with E-state index in [1.165, 1.54) is 6.20 Å². The van der Waals surface area contributed by atoms with Gasteiger partial charge in [-0.15, -0.1) is 0 Å². The Bertz CT molecular complexity index is 599. The Morgan fingerprint density at radius 2 is 1.84 bits per heavy atom. The van der Waals surface area contributed by atoms with Gasteiger partial charge in [-0.25, -0.2) is 4.98 Å². The van der Waals surface area contributed by atoms with Crippen LogP contribution >= 0.6 is 0 Å². The molecular weight excluding hydrogens is 246 g/mol. The monoisotopic (exact) mass is 259 g/mol. The lowest BCUT2D eigenvalue weighted by Crippen LogP contribution is -2.16. The fourth-order valence-electron chi connectivity index (χ4n) is 1.53. The van der Waals surface area contributed by atoms with Gasteiger partial charge in [-0.1, -0.05) is 17.3 Å². The third kappa shape index (κ3) is 2.74. The highest BCUT2D eigenvalue weighted by Gasteiger charge is 2.12. The van der Waals surface area contributed by atoms with Gasteiger partial charge in [-0.2, -0.15) is 0 Å². The number of rotatable bonds is 4. The zero-order valence-corrected chi connectivity index (χ0v) is 10.3. The standard InChI is InChI=1S/C13H13N3O3/c1-18-9-5-2-3-6-10(9)19-11-7-4-8-15-12(11)13(14)16-17/h2-8,17H,1H3,(H2,14,16). The van der Waals surface area contributed by atoms with Gasteiger partial charge < -0.3 is 20.4 Å². The number of nitrogens with zero attached hydrogens (tertiary/aromatic N) is 2. The lowest BCUT2D eigenvalue weighted by atomic mass is 10.3. The van der Waals surface area contributed by atoms with Crippen LogP contribution in [0.3, 0.4) is 0 Å². The summed E-state index contributed by atoms with van der Waals surface area (Å²) >= 11 is 0. The van der Waals surface area contributed by atoms with Crippen LogP contribution in [0.4, 0.5) is 0 Å². The van der Waals surface area contributed by atoms with Crippen molar-refractivity contribution < 1.29 is 14.7 Å². The Labute approximate surface area is 110 Å². The summed E-state index contributed by atoms with van der Waals surface area (Å²) in [5, 5.41) is 11.6. The first-order valence-electron chi connectivity index (χ1n) is 5.50. The molecule has 0 atom stereocenters. The van der Waals surface area contributed by atoms with Crippen LogP contribution in [0.1, 0.15) is 5.69 Å². The number of benzene rings is 1. The van der Waals surface area contributed by atoms with Crippen molar-refractivity contribution in [2.75, 3.05) is 7.11 Å². The number of hydrogen-bond donors (Lipinski definition) is 2. The van der Waals surface area contributed by atoms with E-state index in [0.29, 0.717) is 17.2 Å². The molecule has 0 fully saturated rings. The number of para-hydroxylation sites is 2. The molecule has 6 nitrogen and oxygen atoms in total. The first-order valence-corrected chi connectivity index (χ1v) is 5.50. The van der Waals surface area contributed by atoms with Crippen LogP contribution in [0, 0.1) is 0 Å². The van der Waals surface area contributed by atoms with E-state index in [1.807, 2.05) is 12.1 Å². The molecule has 0 saturated carbocycles. The summed E-state index contributed by atoms with van der Waals surface area (Å²) in [6.45, 7) is 0. The molecule has 0 unspecified atom stereocenters. The maximum Gasteiger partial charge on any atom is 0.192 e. The van der Waals surface area contributed by atoms with Crippen molar-refractivity contribution in [2.45, 2.75) is 0 Å². The molecule has 1 aromatic heterocycles.